The van der Waals surface area contributed by atoms with Gasteiger partial charge in [-0.3, -0.25) is 19.9 Å². The molecule has 0 saturated heterocycles. The van der Waals surface area contributed by atoms with Crippen LogP contribution in [0.2, 0.25) is 0 Å². The first-order valence-electron chi connectivity index (χ1n) is 4.47. The summed E-state index contributed by atoms with van der Waals surface area (Å²) in [6.45, 7) is 1.15. The molecule has 8 heteroatoms. The summed E-state index contributed by atoms with van der Waals surface area (Å²) in [4.78, 5) is 23.7. The molecule has 0 saturated carbocycles. The minimum Gasteiger partial charge on any atom is -0.481 e. The number of aliphatic carboxylic acids is 1. The molecule has 0 aliphatic heterocycles. The second-order valence-electron chi connectivity index (χ2n) is 3.26. The Bertz CT molecular complexity index is 476. The number of hydrogen-bond acceptors (Lipinski definition) is 4. The largest absolute Gasteiger partial charge is 0.481 e. The fourth-order valence-corrected chi connectivity index (χ4v) is 1.39. The number of alkyl halides is 2. The SMILES string of the molecule is Cc1c(C(F)F)cnc(CC(=O)O)c1[N+](=O)[O-]. The Morgan fingerprint density at radius 2 is 2.24 bits per heavy atom. The van der Waals surface area contributed by atoms with Crippen LogP contribution >= 0.6 is 0 Å². The van der Waals surface area contributed by atoms with Gasteiger partial charge in [-0.05, 0) is 6.92 Å². The second-order valence-corrected chi connectivity index (χ2v) is 3.26. The van der Waals surface area contributed by atoms with Gasteiger partial charge in [-0.2, -0.15) is 0 Å². The number of carboxylic acids is 1. The van der Waals surface area contributed by atoms with Crippen molar-refractivity contribution in [1.29, 1.82) is 0 Å². The van der Waals surface area contributed by atoms with Gasteiger partial charge in [-0.25, -0.2) is 8.78 Å². The Morgan fingerprint density at radius 3 is 2.65 bits per heavy atom. The van der Waals surface area contributed by atoms with E-state index in [4.69, 9.17) is 5.11 Å². The van der Waals surface area contributed by atoms with Crippen molar-refractivity contribution in [2.75, 3.05) is 0 Å². The number of aromatic nitrogens is 1. The normalized spacial score (nSPS) is 10.6. The maximum absolute atomic E-state index is 12.5. The maximum Gasteiger partial charge on any atom is 0.309 e. The molecule has 1 heterocycles. The van der Waals surface area contributed by atoms with Gasteiger partial charge in [0.2, 0.25) is 0 Å². The van der Waals surface area contributed by atoms with Crippen LogP contribution in [0, 0.1) is 17.0 Å². The molecular formula is C9H8F2N2O4. The van der Waals surface area contributed by atoms with Crippen LogP contribution in [0.3, 0.4) is 0 Å². The van der Waals surface area contributed by atoms with Crippen LogP contribution in [0.1, 0.15) is 23.2 Å². The zero-order chi connectivity index (χ0) is 13.2. The summed E-state index contributed by atoms with van der Waals surface area (Å²) in [5.74, 6) is -1.32. The van der Waals surface area contributed by atoms with Crippen molar-refractivity contribution in [3.05, 3.63) is 33.1 Å². The lowest BCUT2D eigenvalue weighted by atomic mass is 10.1. The van der Waals surface area contributed by atoms with Crippen molar-refractivity contribution >= 4 is 11.7 Å². The molecule has 0 atom stereocenters. The number of halogens is 2. The highest BCUT2D eigenvalue weighted by atomic mass is 19.3. The summed E-state index contributed by atoms with van der Waals surface area (Å²) >= 11 is 0. The van der Waals surface area contributed by atoms with Gasteiger partial charge in [0, 0.05) is 17.3 Å². The molecule has 0 bridgehead atoms. The zero-order valence-corrected chi connectivity index (χ0v) is 8.68. The molecular weight excluding hydrogens is 238 g/mol. The predicted molar refractivity (Wildman–Crippen MR) is 51.9 cm³/mol. The number of nitrogens with zero attached hydrogens (tertiary/aromatic N) is 2. The van der Waals surface area contributed by atoms with Gasteiger partial charge in [0.1, 0.15) is 5.69 Å². The molecule has 17 heavy (non-hydrogen) atoms. The lowest BCUT2D eigenvalue weighted by Gasteiger charge is -2.07. The Labute approximate surface area is 94.1 Å². The molecule has 0 aliphatic carbocycles. The number of carbonyl (C=O) groups is 1. The number of pyridine rings is 1. The highest BCUT2D eigenvalue weighted by molar-refractivity contribution is 5.71. The van der Waals surface area contributed by atoms with Gasteiger partial charge in [0.05, 0.1) is 11.3 Å². The molecule has 6 nitrogen and oxygen atoms in total. The van der Waals surface area contributed by atoms with E-state index in [0.29, 0.717) is 0 Å². The Hall–Kier alpha value is -2.12. The monoisotopic (exact) mass is 246 g/mol. The number of hydrogen-bond donors (Lipinski definition) is 1. The first-order valence-corrected chi connectivity index (χ1v) is 4.47. The van der Waals surface area contributed by atoms with E-state index < -0.39 is 35.0 Å². The number of carboxylic acid groups (broad SMARTS) is 1. The van der Waals surface area contributed by atoms with Gasteiger partial charge in [-0.15, -0.1) is 0 Å². The zero-order valence-electron chi connectivity index (χ0n) is 8.68. The van der Waals surface area contributed by atoms with E-state index in [-0.39, 0.29) is 11.3 Å². The lowest BCUT2D eigenvalue weighted by molar-refractivity contribution is -0.386. The number of nitro groups is 1. The summed E-state index contributed by atoms with van der Waals surface area (Å²) < 4.78 is 25.0. The van der Waals surface area contributed by atoms with Crippen molar-refractivity contribution in [2.24, 2.45) is 0 Å². The van der Waals surface area contributed by atoms with E-state index in [1.807, 2.05) is 0 Å². The van der Waals surface area contributed by atoms with Crippen LogP contribution in [0.4, 0.5) is 14.5 Å². The average molecular weight is 246 g/mol. The fraction of sp³-hybridized carbons (Fsp3) is 0.333. The van der Waals surface area contributed by atoms with Crippen molar-refractivity contribution in [3.63, 3.8) is 0 Å². The minimum atomic E-state index is -2.89. The predicted octanol–water partition coefficient (Wildman–Crippen LogP) is 1.86. The maximum atomic E-state index is 12.5. The third kappa shape index (κ3) is 2.71. The summed E-state index contributed by atoms with van der Waals surface area (Å²) in [6, 6.07) is 0. The molecule has 1 N–H and O–H groups in total. The standard InChI is InChI=1S/C9H8F2N2O4/c1-4-5(9(10)11)3-12-6(2-7(14)15)8(4)13(16)17/h3,9H,2H2,1H3,(H,14,15). The van der Waals surface area contributed by atoms with E-state index in [0.717, 1.165) is 13.1 Å². The van der Waals surface area contributed by atoms with Crippen LogP contribution in [0.15, 0.2) is 6.20 Å². The highest BCUT2D eigenvalue weighted by Gasteiger charge is 2.26. The molecule has 0 unspecified atom stereocenters. The van der Waals surface area contributed by atoms with Crippen molar-refractivity contribution in [1.82, 2.24) is 4.98 Å². The molecule has 0 aliphatic rings. The Kier molecular flexibility index (Phi) is 3.66. The first kappa shape index (κ1) is 12.9. The van der Waals surface area contributed by atoms with Gasteiger partial charge >= 0.3 is 5.97 Å². The molecule has 0 fully saturated rings. The molecule has 0 aromatic carbocycles. The van der Waals surface area contributed by atoms with Crippen LogP contribution in [-0.2, 0) is 11.2 Å². The fourth-order valence-electron chi connectivity index (χ4n) is 1.39. The van der Waals surface area contributed by atoms with Crippen molar-refractivity contribution in [3.8, 4) is 0 Å². The average Bonchev–Trinajstić information content (AvgIpc) is 2.15. The summed E-state index contributed by atoms with van der Waals surface area (Å²) in [7, 11) is 0. The van der Waals surface area contributed by atoms with Crippen LogP contribution in [0.25, 0.3) is 0 Å². The van der Waals surface area contributed by atoms with Gasteiger partial charge in [0.15, 0.2) is 0 Å². The number of rotatable bonds is 4. The van der Waals surface area contributed by atoms with Gasteiger partial charge < -0.3 is 5.11 Å². The molecule has 0 radical (unpaired) electrons. The van der Waals surface area contributed by atoms with E-state index in [1.54, 1.807) is 0 Å². The molecule has 92 valence electrons. The Balaban J connectivity index is 3.39. The molecule has 0 amide bonds. The molecule has 1 rings (SSSR count). The quantitative estimate of drug-likeness (QED) is 0.646. The van der Waals surface area contributed by atoms with E-state index >= 15 is 0 Å². The van der Waals surface area contributed by atoms with Gasteiger partial charge in [-0.1, -0.05) is 0 Å². The van der Waals surface area contributed by atoms with Crippen molar-refractivity contribution < 1.29 is 23.6 Å². The summed E-state index contributed by atoms with van der Waals surface area (Å²) in [6.07, 6.45) is -2.80. The highest BCUT2D eigenvalue weighted by Crippen LogP contribution is 2.30. The van der Waals surface area contributed by atoms with E-state index in [1.165, 1.54) is 0 Å². The minimum absolute atomic E-state index is 0.253. The van der Waals surface area contributed by atoms with Crippen LogP contribution < -0.4 is 0 Å². The molecule has 1 aromatic heterocycles. The molecule has 0 spiro atoms. The van der Waals surface area contributed by atoms with E-state index in [2.05, 4.69) is 4.98 Å². The Morgan fingerprint density at radius 1 is 1.65 bits per heavy atom. The topological polar surface area (TPSA) is 93.3 Å². The van der Waals surface area contributed by atoms with Crippen LogP contribution in [-0.4, -0.2) is 21.0 Å². The molecule has 1 aromatic rings. The smallest absolute Gasteiger partial charge is 0.309 e. The van der Waals surface area contributed by atoms with Gasteiger partial charge in [0.25, 0.3) is 12.1 Å². The third-order valence-electron chi connectivity index (χ3n) is 2.16. The first-order chi connectivity index (χ1) is 7.84. The lowest BCUT2D eigenvalue weighted by Crippen LogP contribution is -2.09. The van der Waals surface area contributed by atoms with Crippen molar-refractivity contribution in [2.45, 2.75) is 19.8 Å². The second kappa shape index (κ2) is 4.81. The van der Waals surface area contributed by atoms with E-state index in [9.17, 15) is 23.7 Å². The third-order valence-corrected chi connectivity index (χ3v) is 2.16. The van der Waals surface area contributed by atoms with Crippen LogP contribution in [0.5, 0.6) is 0 Å². The summed E-state index contributed by atoms with van der Waals surface area (Å²) in [5.41, 5.74) is -1.81. The summed E-state index contributed by atoms with van der Waals surface area (Å²) in [5, 5.41) is 19.3.